The van der Waals surface area contributed by atoms with E-state index in [4.69, 9.17) is 44.4 Å². The van der Waals surface area contributed by atoms with Crippen LogP contribution in [0.25, 0.3) is 0 Å². The number of hydrogen-bond donors (Lipinski definition) is 4. The number of aliphatic hydroxyl groups is 4. The van der Waals surface area contributed by atoms with Gasteiger partial charge in [-0.3, -0.25) is 4.79 Å². The Bertz CT molecular complexity index is 746. The first-order valence-electron chi connectivity index (χ1n) is 10.3. The molecule has 13 heteroatoms. The van der Waals surface area contributed by atoms with Crippen LogP contribution >= 0.6 is 11.6 Å². The first-order chi connectivity index (χ1) is 15.9. The molecule has 0 saturated carbocycles. The summed E-state index contributed by atoms with van der Waals surface area (Å²) in [6.45, 7) is -0.263. The van der Waals surface area contributed by atoms with Gasteiger partial charge in [-0.15, -0.1) is 11.6 Å². The van der Waals surface area contributed by atoms with Gasteiger partial charge < -0.3 is 53.3 Å². The molecule has 33 heavy (non-hydrogen) atoms. The number of ether oxygens (including phenoxy) is 6. The average Bonchev–Trinajstić information content (AvgIpc) is 3.42. The van der Waals surface area contributed by atoms with E-state index >= 15 is 0 Å². The summed E-state index contributed by atoms with van der Waals surface area (Å²) >= 11 is 5.39. The second kappa shape index (κ2) is 12.0. The summed E-state index contributed by atoms with van der Waals surface area (Å²) in [5.41, 5.74) is 0. The van der Waals surface area contributed by atoms with Crippen molar-refractivity contribution in [2.45, 2.75) is 67.3 Å². The smallest absolute Gasteiger partial charge is 0.187 e. The van der Waals surface area contributed by atoms with E-state index in [0.717, 1.165) is 0 Å². The molecule has 3 fully saturated rings. The van der Waals surface area contributed by atoms with Gasteiger partial charge in [0.05, 0.1) is 19.1 Å². The summed E-state index contributed by atoms with van der Waals surface area (Å²) in [6, 6.07) is 3.27. The van der Waals surface area contributed by atoms with Gasteiger partial charge in [0.25, 0.3) is 0 Å². The minimum absolute atomic E-state index is 0.203. The molecule has 0 radical (unpaired) electrons. The Labute approximate surface area is 194 Å². The molecule has 4 rings (SSSR count). The largest absolute Gasteiger partial charge is 0.457 e. The number of carbonyl (C=O) groups is 1. The molecule has 10 atom stereocenters. The molecule has 3 aliphatic heterocycles. The predicted octanol–water partition coefficient (Wildman–Crippen LogP) is -1.21. The van der Waals surface area contributed by atoms with Crippen LogP contribution in [0.3, 0.4) is 0 Å². The third-order valence-electron chi connectivity index (χ3n) is 5.62. The zero-order chi connectivity index (χ0) is 24.1. The van der Waals surface area contributed by atoms with E-state index in [1.165, 1.54) is 14.2 Å². The topological polar surface area (TPSA) is 167 Å². The van der Waals surface area contributed by atoms with Crippen LogP contribution in [-0.4, -0.2) is 116 Å². The number of halogens is 1. The van der Waals surface area contributed by atoms with Gasteiger partial charge in [-0.05, 0) is 12.1 Å². The third kappa shape index (κ3) is 5.74. The first-order valence-corrected chi connectivity index (χ1v) is 10.8. The van der Waals surface area contributed by atoms with Gasteiger partial charge in [0.2, 0.25) is 0 Å². The molecule has 4 heterocycles. The summed E-state index contributed by atoms with van der Waals surface area (Å²) in [6.07, 6.45) is -8.75. The minimum atomic E-state index is -1.29. The van der Waals surface area contributed by atoms with Gasteiger partial charge in [0.15, 0.2) is 24.6 Å². The van der Waals surface area contributed by atoms with Crippen LogP contribution in [0.4, 0.5) is 0 Å². The van der Waals surface area contributed by atoms with Crippen molar-refractivity contribution in [3.05, 3.63) is 23.7 Å². The SMILES string of the molecule is CO[C@@H]1O[C@@H]2COC(C1O)[C@@H]2O[C@@H]1OC(CO)[C@H](O)[C@H](OC)C1O.O=Cc1ccc(CCl)o1. The molecule has 3 aliphatic rings. The molecule has 12 nitrogen and oxygen atoms in total. The number of alkyl halides is 1. The second-order valence-corrected chi connectivity index (χ2v) is 7.90. The molecule has 3 saturated heterocycles. The number of aldehydes is 1. The lowest BCUT2D eigenvalue weighted by Gasteiger charge is -2.44. The van der Waals surface area contributed by atoms with Crippen LogP contribution in [0.5, 0.6) is 0 Å². The molecule has 0 aromatic carbocycles. The lowest BCUT2D eigenvalue weighted by atomic mass is 9.98. The highest BCUT2D eigenvalue weighted by molar-refractivity contribution is 6.16. The van der Waals surface area contributed by atoms with Gasteiger partial charge >= 0.3 is 0 Å². The van der Waals surface area contributed by atoms with Crippen molar-refractivity contribution in [3.63, 3.8) is 0 Å². The molecule has 188 valence electrons. The Morgan fingerprint density at radius 1 is 1.06 bits per heavy atom. The van der Waals surface area contributed by atoms with Crippen molar-refractivity contribution >= 4 is 17.9 Å². The maximum atomic E-state index is 10.3. The highest BCUT2D eigenvalue weighted by atomic mass is 35.5. The van der Waals surface area contributed by atoms with Crippen LogP contribution in [-0.2, 0) is 34.3 Å². The quantitative estimate of drug-likeness (QED) is 0.263. The molecular weight excluding hydrogens is 468 g/mol. The minimum Gasteiger partial charge on any atom is -0.457 e. The Kier molecular flexibility index (Phi) is 9.62. The molecule has 0 aliphatic carbocycles. The van der Waals surface area contributed by atoms with Crippen molar-refractivity contribution in [1.82, 2.24) is 0 Å². The van der Waals surface area contributed by atoms with Crippen LogP contribution in [0.15, 0.2) is 16.5 Å². The van der Waals surface area contributed by atoms with Gasteiger partial charge in [0, 0.05) is 14.2 Å². The summed E-state index contributed by atoms with van der Waals surface area (Å²) < 4.78 is 37.3. The molecule has 1 aromatic heterocycles. The van der Waals surface area contributed by atoms with Crippen LogP contribution < -0.4 is 0 Å². The molecule has 4 unspecified atom stereocenters. The van der Waals surface area contributed by atoms with Gasteiger partial charge in [-0.1, -0.05) is 0 Å². The van der Waals surface area contributed by atoms with Crippen LogP contribution in [0.1, 0.15) is 16.3 Å². The monoisotopic (exact) mass is 496 g/mol. The van der Waals surface area contributed by atoms with E-state index in [1.807, 2.05) is 0 Å². The number of rotatable bonds is 7. The average molecular weight is 497 g/mol. The van der Waals surface area contributed by atoms with E-state index in [-0.39, 0.29) is 6.61 Å². The standard InChI is InChI=1S/C14H24O10.C6H5ClO2/c1-19-11-7(16)5(3-15)22-14(8(11)17)24-10-6-4-21-12(10)9(18)13(20-2)23-6;7-3-5-1-2-6(4-8)9-5/h5-18H,3-4H2,1-2H3;1-2,4H,3H2/t5?,6-,7+,8?,9?,10-,11+,12?,13-,14+;/m1./s1. The van der Waals surface area contributed by atoms with Crippen LogP contribution in [0, 0.1) is 0 Å². The number of aliphatic hydroxyl groups excluding tert-OH is 4. The van der Waals surface area contributed by atoms with Crippen molar-refractivity contribution in [2.24, 2.45) is 0 Å². The van der Waals surface area contributed by atoms with Gasteiger partial charge in [0.1, 0.15) is 54.6 Å². The molecule has 0 spiro atoms. The first kappa shape index (κ1) is 26.4. The highest BCUT2D eigenvalue weighted by Gasteiger charge is 2.55. The molecule has 0 amide bonds. The second-order valence-electron chi connectivity index (χ2n) is 7.63. The third-order valence-corrected chi connectivity index (χ3v) is 5.88. The van der Waals surface area contributed by atoms with Crippen molar-refractivity contribution < 1.29 is 58.1 Å². The van der Waals surface area contributed by atoms with E-state index in [2.05, 4.69) is 0 Å². The Hall–Kier alpha value is -1.16. The Morgan fingerprint density at radius 2 is 1.82 bits per heavy atom. The molecule has 2 bridgehead atoms. The normalized spacial score (nSPS) is 40.2. The zero-order valence-electron chi connectivity index (χ0n) is 18.1. The Morgan fingerprint density at radius 3 is 2.36 bits per heavy atom. The number of furan rings is 1. The van der Waals surface area contributed by atoms with E-state index in [9.17, 15) is 25.2 Å². The van der Waals surface area contributed by atoms with E-state index in [0.29, 0.717) is 23.7 Å². The van der Waals surface area contributed by atoms with Gasteiger partial charge in [-0.2, -0.15) is 0 Å². The summed E-state index contributed by atoms with van der Waals surface area (Å²) in [4.78, 5) is 10.00. The number of hydrogen-bond acceptors (Lipinski definition) is 12. The lowest BCUT2D eigenvalue weighted by molar-refractivity contribution is -0.340. The van der Waals surface area contributed by atoms with Crippen LogP contribution in [0.2, 0.25) is 0 Å². The summed E-state index contributed by atoms with van der Waals surface area (Å²) in [7, 11) is 2.75. The maximum absolute atomic E-state index is 10.3. The fourth-order valence-electron chi connectivity index (χ4n) is 3.91. The molecule has 4 N–H and O–H groups in total. The fraction of sp³-hybridized carbons (Fsp3) is 0.750. The number of fused-ring (bicyclic) bond motifs is 2. The highest BCUT2D eigenvalue weighted by Crippen LogP contribution is 2.35. The van der Waals surface area contributed by atoms with Crippen molar-refractivity contribution in [2.75, 3.05) is 27.4 Å². The fourth-order valence-corrected chi connectivity index (χ4v) is 4.06. The summed E-state index contributed by atoms with van der Waals surface area (Å²) in [5, 5.41) is 39.9. The predicted molar refractivity (Wildman–Crippen MR) is 108 cm³/mol. The lowest BCUT2D eigenvalue weighted by Crippen LogP contribution is -2.62. The zero-order valence-corrected chi connectivity index (χ0v) is 18.8. The van der Waals surface area contributed by atoms with Crippen molar-refractivity contribution in [1.29, 1.82) is 0 Å². The van der Waals surface area contributed by atoms with E-state index < -0.39 is 68.0 Å². The van der Waals surface area contributed by atoms with E-state index in [1.54, 1.807) is 12.1 Å². The van der Waals surface area contributed by atoms with Crippen molar-refractivity contribution in [3.8, 4) is 0 Å². The molecular formula is C20H29ClO12. The molecule has 1 aromatic rings. The number of methoxy groups -OCH3 is 2. The Balaban J connectivity index is 0.000000286. The van der Waals surface area contributed by atoms with Gasteiger partial charge in [-0.25, -0.2) is 0 Å². The summed E-state index contributed by atoms with van der Waals surface area (Å²) in [5.74, 6) is 1.26. The maximum Gasteiger partial charge on any atom is 0.187 e. The number of carbonyl (C=O) groups excluding carboxylic acids is 1.